The number of hydrogen-bond donors (Lipinski definition) is 0. The van der Waals surface area contributed by atoms with E-state index < -0.39 is 0 Å². The van der Waals surface area contributed by atoms with Gasteiger partial charge in [-0.15, -0.1) is 0 Å². The van der Waals surface area contributed by atoms with E-state index in [1.807, 2.05) is 16.8 Å². The first kappa shape index (κ1) is 12.1. The van der Waals surface area contributed by atoms with Crippen LogP contribution in [0.3, 0.4) is 0 Å². The Morgan fingerprint density at radius 3 is 3.12 bits per heavy atom. The summed E-state index contributed by atoms with van der Waals surface area (Å²) in [7, 11) is 0. The van der Waals surface area contributed by atoms with Crippen LogP contribution in [0.25, 0.3) is 0 Å². The number of carbonyl (C=O) groups excluding carboxylic acids is 1. The monoisotopic (exact) mass is 301 g/mol. The minimum absolute atomic E-state index is 0.215. The summed E-state index contributed by atoms with van der Waals surface area (Å²) in [5.74, 6) is 0.215. The number of alkyl halides is 1. The van der Waals surface area contributed by atoms with E-state index in [9.17, 15) is 4.79 Å². The number of halogens is 1. The second-order valence-electron chi connectivity index (χ2n) is 4.14. The summed E-state index contributed by atoms with van der Waals surface area (Å²) in [5, 5.41) is 4.89. The molecule has 1 aromatic rings. The fourth-order valence-electron chi connectivity index (χ4n) is 2.25. The van der Waals surface area contributed by atoms with Crippen LogP contribution in [0.5, 0.6) is 0 Å². The fraction of sp³-hybridized carbons (Fsp3) is 0.583. The number of likely N-dealkylation sites (tertiary alicyclic amines) is 1. The zero-order chi connectivity index (χ0) is 11.4. The molecule has 1 fully saturated rings. The average Bonchev–Trinajstić information content (AvgIpc) is 2.83. The Bertz CT molecular complexity index is 337. The lowest BCUT2D eigenvalue weighted by Crippen LogP contribution is -2.43. The molecule has 4 heteroatoms. The summed E-state index contributed by atoms with van der Waals surface area (Å²) in [4.78, 5) is 14.3. The van der Waals surface area contributed by atoms with Crippen molar-refractivity contribution >= 4 is 33.2 Å². The Morgan fingerprint density at radius 2 is 2.44 bits per heavy atom. The number of thiophene rings is 1. The average molecular weight is 302 g/mol. The quantitative estimate of drug-likeness (QED) is 0.782. The van der Waals surface area contributed by atoms with Crippen LogP contribution in [0.15, 0.2) is 16.8 Å². The van der Waals surface area contributed by atoms with Gasteiger partial charge in [-0.3, -0.25) is 4.79 Å². The van der Waals surface area contributed by atoms with Crippen molar-refractivity contribution in [1.29, 1.82) is 0 Å². The molecular weight excluding hydrogens is 286 g/mol. The van der Waals surface area contributed by atoms with Crippen LogP contribution < -0.4 is 0 Å². The van der Waals surface area contributed by atoms with E-state index in [-0.39, 0.29) is 5.91 Å². The molecule has 0 N–H and O–H groups in total. The molecule has 1 amide bonds. The molecule has 16 heavy (non-hydrogen) atoms. The van der Waals surface area contributed by atoms with Gasteiger partial charge in [0.2, 0.25) is 0 Å². The predicted octanol–water partition coefficient (Wildman–Crippen LogP) is 3.53. The van der Waals surface area contributed by atoms with E-state index in [1.54, 1.807) is 11.3 Å². The summed E-state index contributed by atoms with van der Waals surface area (Å²) < 4.78 is 0. The van der Waals surface area contributed by atoms with Crippen LogP contribution in [0.4, 0.5) is 0 Å². The number of hydrogen-bond acceptors (Lipinski definition) is 2. The van der Waals surface area contributed by atoms with Crippen LogP contribution in [-0.2, 0) is 0 Å². The molecule has 1 aliphatic rings. The lowest BCUT2D eigenvalue weighted by molar-refractivity contribution is 0.0610. The standard InChI is InChI=1S/C12H16BrNOS/c13-6-4-11-3-1-2-7-14(11)12(15)10-5-8-16-9-10/h5,8-9,11H,1-4,6-7H2. The van der Waals surface area contributed by atoms with Gasteiger partial charge in [-0.2, -0.15) is 11.3 Å². The molecule has 0 aromatic carbocycles. The van der Waals surface area contributed by atoms with Crippen LogP contribution in [0.1, 0.15) is 36.0 Å². The normalized spacial score (nSPS) is 21.1. The smallest absolute Gasteiger partial charge is 0.254 e. The number of piperidine rings is 1. The Hall–Kier alpha value is -0.350. The second kappa shape index (κ2) is 5.82. The van der Waals surface area contributed by atoms with Crippen LogP contribution >= 0.6 is 27.3 Å². The van der Waals surface area contributed by atoms with E-state index in [0.29, 0.717) is 6.04 Å². The van der Waals surface area contributed by atoms with Crippen LogP contribution in [0.2, 0.25) is 0 Å². The topological polar surface area (TPSA) is 20.3 Å². The first-order valence-electron chi connectivity index (χ1n) is 5.72. The van der Waals surface area contributed by atoms with Gasteiger partial charge < -0.3 is 4.90 Å². The third-order valence-corrected chi connectivity index (χ3v) is 4.24. The third-order valence-electron chi connectivity index (χ3n) is 3.10. The first-order valence-corrected chi connectivity index (χ1v) is 7.78. The Balaban J connectivity index is 2.08. The zero-order valence-electron chi connectivity index (χ0n) is 9.19. The number of rotatable bonds is 3. The van der Waals surface area contributed by atoms with Crippen LogP contribution in [0, 0.1) is 0 Å². The van der Waals surface area contributed by atoms with Gasteiger partial charge in [-0.05, 0) is 37.1 Å². The Kier molecular flexibility index (Phi) is 4.41. The van der Waals surface area contributed by atoms with Crippen molar-refractivity contribution in [2.45, 2.75) is 31.7 Å². The molecular formula is C12H16BrNOS. The number of carbonyl (C=O) groups is 1. The Morgan fingerprint density at radius 1 is 1.56 bits per heavy atom. The summed E-state index contributed by atoms with van der Waals surface area (Å²) in [5.41, 5.74) is 0.853. The summed E-state index contributed by atoms with van der Waals surface area (Å²) in [6.07, 6.45) is 4.62. The van der Waals surface area contributed by atoms with Gasteiger partial charge in [0.05, 0.1) is 5.56 Å². The minimum atomic E-state index is 0.215. The summed E-state index contributed by atoms with van der Waals surface area (Å²) in [6.45, 7) is 0.923. The van der Waals surface area contributed by atoms with E-state index in [1.165, 1.54) is 6.42 Å². The van der Waals surface area contributed by atoms with Gasteiger partial charge in [0.15, 0.2) is 0 Å². The largest absolute Gasteiger partial charge is 0.336 e. The first-order chi connectivity index (χ1) is 7.83. The van der Waals surface area contributed by atoms with Crippen molar-refractivity contribution in [1.82, 2.24) is 4.90 Å². The molecule has 1 unspecified atom stereocenters. The predicted molar refractivity (Wildman–Crippen MR) is 71.4 cm³/mol. The van der Waals surface area contributed by atoms with Crippen molar-refractivity contribution in [2.24, 2.45) is 0 Å². The molecule has 0 spiro atoms. The summed E-state index contributed by atoms with van der Waals surface area (Å²) >= 11 is 5.06. The highest BCUT2D eigenvalue weighted by atomic mass is 79.9. The maximum atomic E-state index is 12.3. The third kappa shape index (κ3) is 2.66. The second-order valence-corrected chi connectivity index (χ2v) is 5.71. The molecule has 0 bridgehead atoms. The van der Waals surface area contributed by atoms with E-state index in [2.05, 4.69) is 20.8 Å². The molecule has 0 saturated carbocycles. The van der Waals surface area contributed by atoms with Crippen molar-refractivity contribution in [3.8, 4) is 0 Å². The van der Waals surface area contributed by atoms with Crippen molar-refractivity contribution < 1.29 is 4.79 Å². The van der Waals surface area contributed by atoms with Crippen molar-refractivity contribution in [3.05, 3.63) is 22.4 Å². The Labute approximate surface area is 109 Å². The lowest BCUT2D eigenvalue weighted by Gasteiger charge is -2.35. The highest BCUT2D eigenvalue weighted by Gasteiger charge is 2.26. The molecule has 0 aliphatic carbocycles. The molecule has 1 aliphatic heterocycles. The highest BCUT2D eigenvalue weighted by Crippen LogP contribution is 2.23. The molecule has 88 valence electrons. The van der Waals surface area contributed by atoms with Gasteiger partial charge in [0.25, 0.3) is 5.91 Å². The van der Waals surface area contributed by atoms with Crippen LogP contribution in [-0.4, -0.2) is 28.7 Å². The fourth-order valence-corrected chi connectivity index (χ4v) is 3.40. The molecule has 0 radical (unpaired) electrons. The van der Waals surface area contributed by atoms with E-state index in [0.717, 1.165) is 36.7 Å². The molecule has 1 atom stereocenters. The summed E-state index contributed by atoms with van der Waals surface area (Å²) in [6, 6.07) is 2.35. The van der Waals surface area contributed by atoms with Gasteiger partial charge >= 0.3 is 0 Å². The van der Waals surface area contributed by atoms with Crippen molar-refractivity contribution in [3.63, 3.8) is 0 Å². The highest BCUT2D eigenvalue weighted by molar-refractivity contribution is 9.09. The van der Waals surface area contributed by atoms with Gasteiger partial charge in [-0.25, -0.2) is 0 Å². The van der Waals surface area contributed by atoms with E-state index >= 15 is 0 Å². The lowest BCUT2D eigenvalue weighted by atomic mass is 9.99. The zero-order valence-corrected chi connectivity index (χ0v) is 11.6. The van der Waals surface area contributed by atoms with Crippen molar-refractivity contribution in [2.75, 3.05) is 11.9 Å². The number of amides is 1. The number of nitrogens with zero attached hydrogens (tertiary/aromatic N) is 1. The molecule has 2 rings (SSSR count). The van der Waals surface area contributed by atoms with Gasteiger partial charge in [0, 0.05) is 23.3 Å². The molecule has 2 nitrogen and oxygen atoms in total. The maximum Gasteiger partial charge on any atom is 0.254 e. The molecule has 1 saturated heterocycles. The molecule has 2 heterocycles. The maximum absolute atomic E-state index is 12.3. The van der Waals surface area contributed by atoms with Gasteiger partial charge in [0.1, 0.15) is 0 Å². The van der Waals surface area contributed by atoms with E-state index in [4.69, 9.17) is 0 Å². The minimum Gasteiger partial charge on any atom is -0.336 e. The molecule has 1 aromatic heterocycles. The SMILES string of the molecule is O=C(c1ccsc1)N1CCCCC1CCBr. The van der Waals surface area contributed by atoms with Gasteiger partial charge in [-0.1, -0.05) is 15.9 Å².